The number of rotatable bonds is 12. The third-order valence-electron chi connectivity index (χ3n) is 7.68. The number of esters is 1. The molecule has 0 spiro atoms. The summed E-state index contributed by atoms with van der Waals surface area (Å²) < 4.78 is 38.6. The van der Waals surface area contributed by atoms with E-state index in [9.17, 15) is 40.5 Å². The van der Waals surface area contributed by atoms with Crippen LogP contribution >= 0.6 is 0 Å². The number of carbonyl (C=O) groups is 1. The number of hydrogen-bond acceptors (Lipinski definition) is 15. The summed E-state index contributed by atoms with van der Waals surface area (Å²) in [6.45, 7) is 0.727. The van der Waals surface area contributed by atoms with Crippen LogP contribution in [0.2, 0.25) is 0 Å². The summed E-state index contributed by atoms with van der Waals surface area (Å²) in [6.07, 6.45) is -12.1. The molecule has 2 aromatic rings. The fourth-order valence-corrected chi connectivity index (χ4v) is 5.08. The first kappa shape index (κ1) is 35.3. The van der Waals surface area contributed by atoms with E-state index in [0.717, 1.165) is 11.6 Å². The van der Waals surface area contributed by atoms with E-state index in [1.165, 1.54) is 45.4 Å². The second kappa shape index (κ2) is 15.9. The van der Waals surface area contributed by atoms with Gasteiger partial charge < -0.3 is 68.9 Å². The fraction of sp³-hybridized carbons (Fsp3) is 0.516. The van der Waals surface area contributed by atoms with Gasteiger partial charge in [-0.25, -0.2) is 4.79 Å². The predicted molar refractivity (Wildman–Crippen MR) is 157 cm³/mol. The summed E-state index contributed by atoms with van der Waals surface area (Å²) in [7, 11) is 2.80. The van der Waals surface area contributed by atoms with Crippen LogP contribution in [0.15, 0.2) is 42.5 Å². The number of aliphatic hydroxyl groups excluding tert-OH is 5. The highest BCUT2D eigenvalue weighted by Gasteiger charge is 2.52. The van der Waals surface area contributed by atoms with Gasteiger partial charge in [0.05, 0.1) is 33.5 Å². The number of carbonyl (C=O) groups excluding carboxylic acids is 1. The molecular formula is C31H40O15. The highest BCUT2D eigenvalue weighted by atomic mass is 16.7. The van der Waals surface area contributed by atoms with Gasteiger partial charge in [0.1, 0.15) is 36.6 Å². The van der Waals surface area contributed by atoms with Crippen molar-refractivity contribution in [2.45, 2.75) is 74.8 Å². The topological polar surface area (TPSA) is 223 Å². The highest BCUT2D eigenvalue weighted by Crippen LogP contribution is 2.32. The average Bonchev–Trinajstić information content (AvgIpc) is 3.04. The molecule has 15 nitrogen and oxygen atoms in total. The molecule has 2 aromatic carbocycles. The normalized spacial score (nSPS) is 31.5. The van der Waals surface area contributed by atoms with E-state index in [0.29, 0.717) is 12.0 Å². The van der Waals surface area contributed by atoms with E-state index in [-0.39, 0.29) is 29.6 Å². The van der Waals surface area contributed by atoms with Crippen LogP contribution in [-0.2, 0) is 34.9 Å². The van der Waals surface area contributed by atoms with Gasteiger partial charge in [-0.1, -0.05) is 12.1 Å². The largest absolute Gasteiger partial charge is 0.504 e. The van der Waals surface area contributed by atoms with Crippen LogP contribution in [-0.4, -0.2) is 131 Å². The van der Waals surface area contributed by atoms with E-state index in [2.05, 4.69) is 0 Å². The quantitative estimate of drug-likeness (QED) is 0.114. The molecule has 2 heterocycles. The van der Waals surface area contributed by atoms with E-state index >= 15 is 0 Å². The third-order valence-corrected chi connectivity index (χ3v) is 7.68. The number of phenols is 2. The SMILES string of the molecule is COc1ccc(C=CC(=O)O[C@H]2[C@@H](O[C@H]3O[C@@H](C)[C@@H](O)[C@H](O)[C@@H]3O)[C@@H](O)[C@H](OCCc3ccc(O)c(OC)c3)O[C@@H]2CO)cc1O. The van der Waals surface area contributed by atoms with Crippen molar-refractivity contribution >= 4 is 12.0 Å². The van der Waals surface area contributed by atoms with Gasteiger partial charge in [-0.15, -0.1) is 0 Å². The molecule has 0 amide bonds. The van der Waals surface area contributed by atoms with Crippen LogP contribution < -0.4 is 9.47 Å². The van der Waals surface area contributed by atoms with E-state index in [1.54, 1.807) is 18.2 Å². The zero-order chi connectivity index (χ0) is 33.5. The minimum Gasteiger partial charge on any atom is -0.504 e. The molecule has 0 radical (unpaired) electrons. The van der Waals surface area contributed by atoms with Crippen molar-refractivity contribution < 1.29 is 73.7 Å². The molecule has 2 aliphatic rings. The van der Waals surface area contributed by atoms with Gasteiger partial charge >= 0.3 is 5.97 Å². The lowest BCUT2D eigenvalue weighted by Gasteiger charge is -2.46. The van der Waals surface area contributed by atoms with E-state index < -0.39 is 74.0 Å². The Morgan fingerprint density at radius 3 is 2.26 bits per heavy atom. The van der Waals surface area contributed by atoms with Crippen LogP contribution in [0.3, 0.4) is 0 Å². The molecular weight excluding hydrogens is 612 g/mol. The number of aromatic hydroxyl groups is 2. The van der Waals surface area contributed by atoms with Crippen molar-refractivity contribution in [3.8, 4) is 23.0 Å². The number of hydrogen-bond donors (Lipinski definition) is 7. The summed E-state index contributed by atoms with van der Waals surface area (Å²) in [5.41, 5.74) is 1.16. The van der Waals surface area contributed by atoms with Crippen LogP contribution in [0.4, 0.5) is 0 Å². The maximum Gasteiger partial charge on any atom is 0.331 e. The lowest BCUT2D eigenvalue weighted by atomic mass is 9.97. The van der Waals surface area contributed by atoms with Gasteiger partial charge in [0, 0.05) is 6.08 Å². The maximum absolute atomic E-state index is 12.9. The summed E-state index contributed by atoms with van der Waals surface area (Å²) >= 11 is 0. The highest BCUT2D eigenvalue weighted by molar-refractivity contribution is 5.87. The molecule has 7 N–H and O–H groups in total. The average molecular weight is 653 g/mol. The molecule has 0 aliphatic carbocycles. The number of aliphatic hydroxyl groups is 5. The molecule has 2 aliphatic heterocycles. The lowest BCUT2D eigenvalue weighted by molar-refractivity contribution is -0.357. The molecule has 254 valence electrons. The molecule has 2 saturated heterocycles. The standard InChI is InChI=1S/C31H40O15/c1-15-24(36)25(37)26(38)31(43-15)46-29-27(39)30(42-11-10-17-4-7-18(33)21(13-17)41-3)44-22(14-32)28(29)45-23(35)9-6-16-5-8-20(40-2)19(34)12-16/h4-9,12-13,15,22,24-34,36-39H,10-11,14H2,1-3H3/t15-,22+,24+,25-,26-,27+,28+,29-,30+,31+/m0/s1. The molecule has 0 unspecified atom stereocenters. The van der Waals surface area contributed by atoms with Crippen molar-refractivity contribution in [3.05, 3.63) is 53.6 Å². The van der Waals surface area contributed by atoms with Gasteiger partial charge in [0.25, 0.3) is 0 Å². The zero-order valence-electron chi connectivity index (χ0n) is 25.4. The molecule has 0 aromatic heterocycles. The van der Waals surface area contributed by atoms with Crippen LogP contribution in [0, 0.1) is 0 Å². The molecule has 2 fully saturated rings. The predicted octanol–water partition coefficient (Wildman–Crippen LogP) is -0.410. The number of ether oxygens (including phenoxy) is 7. The second-order valence-corrected chi connectivity index (χ2v) is 10.8. The number of phenolic OH excluding ortho intramolecular Hbond substituents is 2. The van der Waals surface area contributed by atoms with Crippen molar-refractivity contribution in [3.63, 3.8) is 0 Å². The van der Waals surface area contributed by atoms with E-state index in [4.69, 9.17) is 33.2 Å². The first-order chi connectivity index (χ1) is 22.0. The second-order valence-electron chi connectivity index (χ2n) is 10.8. The Labute approximate surface area is 264 Å². The Balaban J connectivity index is 1.52. The van der Waals surface area contributed by atoms with Crippen LogP contribution in [0.5, 0.6) is 23.0 Å². The molecule has 4 rings (SSSR count). The Morgan fingerprint density at radius 2 is 1.59 bits per heavy atom. The van der Waals surface area contributed by atoms with Crippen LogP contribution in [0.1, 0.15) is 18.1 Å². The summed E-state index contributed by atoms with van der Waals surface area (Å²) in [4.78, 5) is 12.9. The minimum atomic E-state index is -1.75. The third kappa shape index (κ3) is 8.25. The Bertz CT molecular complexity index is 1340. The van der Waals surface area contributed by atoms with Crippen molar-refractivity contribution in [2.75, 3.05) is 27.4 Å². The number of benzene rings is 2. The zero-order valence-corrected chi connectivity index (χ0v) is 25.4. The fourth-order valence-electron chi connectivity index (χ4n) is 5.08. The Morgan fingerprint density at radius 1 is 0.848 bits per heavy atom. The monoisotopic (exact) mass is 652 g/mol. The molecule has 0 bridgehead atoms. The Hall–Kier alpha value is -3.51. The molecule has 46 heavy (non-hydrogen) atoms. The summed E-state index contributed by atoms with van der Waals surface area (Å²) in [5.74, 6) is -0.634. The summed E-state index contributed by atoms with van der Waals surface area (Å²) in [6, 6.07) is 9.16. The van der Waals surface area contributed by atoms with Gasteiger partial charge in [-0.05, 0) is 54.8 Å². The molecule has 15 heteroatoms. The minimum absolute atomic E-state index is 0.00703. The van der Waals surface area contributed by atoms with Crippen molar-refractivity contribution in [2.24, 2.45) is 0 Å². The molecule has 0 saturated carbocycles. The van der Waals surface area contributed by atoms with Crippen LogP contribution in [0.25, 0.3) is 6.08 Å². The van der Waals surface area contributed by atoms with Gasteiger partial charge in [-0.3, -0.25) is 0 Å². The first-order valence-corrected chi connectivity index (χ1v) is 14.5. The molecule has 10 atom stereocenters. The van der Waals surface area contributed by atoms with Gasteiger partial charge in [-0.2, -0.15) is 0 Å². The van der Waals surface area contributed by atoms with Gasteiger partial charge in [0.15, 0.2) is 41.7 Å². The van der Waals surface area contributed by atoms with E-state index in [1.807, 2.05) is 0 Å². The van der Waals surface area contributed by atoms with Crippen molar-refractivity contribution in [1.82, 2.24) is 0 Å². The number of methoxy groups -OCH3 is 2. The van der Waals surface area contributed by atoms with Gasteiger partial charge in [0.2, 0.25) is 0 Å². The first-order valence-electron chi connectivity index (χ1n) is 14.5. The lowest BCUT2D eigenvalue weighted by Crippen LogP contribution is -2.65. The maximum atomic E-state index is 12.9. The Kier molecular flexibility index (Phi) is 12.2. The smallest absolute Gasteiger partial charge is 0.331 e. The van der Waals surface area contributed by atoms with Crippen molar-refractivity contribution in [1.29, 1.82) is 0 Å². The summed E-state index contributed by atoms with van der Waals surface area (Å²) in [5, 5.41) is 72.3.